The van der Waals surface area contributed by atoms with Gasteiger partial charge in [-0.25, -0.2) is 4.39 Å². The Morgan fingerprint density at radius 3 is 2.45 bits per heavy atom. The normalized spacial score (nSPS) is 14.4. The molecule has 0 unspecified atom stereocenters. The topological polar surface area (TPSA) is 58.3 Å². The van der Waals surface area contributed by atoms with Crippen molar-refractivity contribution in [1.82, 2.24) is 0 Å². The fourth-order valence-electron chi connectivity index (χ4n) is 2.10. The van der Waals surface area contributed by atoms with Gasteiger partial charge in [0, 0.05) is 12.1 Å². The van der Waals surface area contributed by atoms with Crippen LogP contribution in [0.15, 0.2) is 19.2 Å². The van der Waals surface area contributed by atoms with Gasteiger partial charge in [0.15, 0.2) is 0 Å². The number of nitrogen functional groups attached to an aromatic ring is 1. The molecule has 0 radical (unpaired) electrons. The number of nitrogens with one attached hydrogen (secondary N) is 1. The van der Waals surface area contributed by atoms with Gasteiger partial charge in [0.1, 0.15) is 5.82 Å². The van der Waals surface area contributed by atoms with E-state index in [-0.39, 0.29) is 11.7 Å². The van der Waals surface area contributed by atoms with Crippen molar-refractivity contribution in [2.24, 2.45) is 0 Å². The predicted molar refractivity (Wildman–Crippen MR) is 83.6 cm³/mol. The lowest BCUT2D eigenvalue weighted by Gasteiger charge is -2.22. The Labute approximate surface area is 120 Å². The van der Waals surface area contributed by atoms with Crippen LogP contribution in [-0.4, -0.2) is 17.3 Å². The first kappa shape index (κ1) is 16.5. The van der Waals surface area contributed by atoms with E-state index in [0.29, 0.717) is 29.0 Å². The zero-order chi connectivity index (χ0) is 15.5. The molecule has 0 saturated heterocycles. The van der Waals surface area contributed by atoms with Gasteiger partial charge in [0.25, 0.3) is 0 Å². The van der Waals surface area contributed by atoms with Crippen molar-refractivity contribution >= 4 is 11.4 Å². The lowest BCUT2D eigenvalue weighted by Crippen LogP contribution is -2.30. The molecule has 0 bridgehead atoms. The van der Waals surface area contributed by atoms with E-state index >= 15 is 0 Å². The van der Waals surface area contributed by atoms with Gasteiger partial charge in [0.05, 0.1) is 17.0 Å². The molecule has 4 heteroatoms. The minimum atomic E-state index is -0.853. The highest BCUT2D eigenvalue weighted by Crippen LogP contribution is 2.47. The number of rotatable bonds is 4. The number of aliphatic hydroxyl groups is 1. The molecule has 1 saturated carbocycles. The second-order valence-electron chi connectivity index (χ2n) is 5.83. The number of benzene rings is 1. The molecular weight excluding hydrogens is 255 g/mol. The first-order chi connectivity index (χ1) is 9.29. The van der Waals surface area contributed by atoms with E-state index in [1.807, 2.05) is 0 Å². The molecular formula is C16H25FN2O. The van der Waals surface area contributed by atoms with E-state index < -0.39 is 5.60 Å². The maximum absolute atomic E-state index is 14.2. The van der Waals surface area contributed by atoms with Crippen LogP contribution in [0.4, 0.5) is 15.8 Å². The van der Waals surface area contributed by atoms with E-state index in [1.165, 1.54) is 0 Å². The first-order valence-corrected chi connectivity index (χ1v) is 6.84. The van der Waals surface area contributed by atoms with E-state index in [2.05, 4.69) is 18.5 Å². The summed E-state index contributed by atoms with van der Waals surface area (Å²) in [6.45, 7) is 11.5. The minimum absolute atomic E-state index is 0.162. The molecule has 0 heterocycles. The van der Waals surface area contributed by atoms with Crippen LogP contribution in [0.1, 0.15) is 43.7 Å². The van der Waals surface area contributed by atoms with Gasteiger partial charge < -0.3 is 16.2 Å². The van der Waals surface area contributed by atoms with E-state index in [1.54, 1.807) is 26.8 Å². The number of hydrogen-bond acceptors (Lipinski definition) is 3. The molecule has 0 aromatic heterocycles. The van der Waals surface area contributed by atoms with E-state index in [9.17, 15) is 9.50 Å². The smallest absolute Gasteiger partial charge is 0.131 e. The first-order valence-electron chi connectivity index (χ1n) is 6.84. The highest BCUT2D eigenvalue weighted by Gasteiger charge is 2.31. The molecule has 4 N–H and O–H groups in total. The SMILES string of the molecule is C=C.Cc1cc(N)c(NCC(C)(C)O)c(C2CC2)c1F. The maximum Gasteiger partial charge on any atom is 0.131 e. The molecule has 0 amide bonds. The molecule has 1 aromatic carbocycles. The molecule has 0 atom stereocenters. The van der Waals surface area contributed by atoms with Crippen LogP contribution in [0.3, 0.4) is 0 Å². The van der Waals surface area contributed by atoms with Gasteiger partial charge >= 0.3 is 0 Å². The number of nitrogens with two attached hydrogens (primary N) is 1. The summed E-state index contributed by atoms with van der Waals surface area (Å²) in [4.78, 5) is 0. The van der Waals surface area contributed by atoms with Crippen LogP contribution in [0.25, 0.3) is 0 Å². The standard InChI is InChI=1S/C14H21FN2O.C2H4/c1-8-6-10(16)13(17-7-14(2,3)18)11(12(8)15)9-4-5-9;1-2/h6,9,17-18H,4-5,7,16H2,1-3H3;1-2H2. The molecule has 0 spiro atoms. The molecule has 1 aliphatic rings. The van der Waals surface area contributed by atoms with Gasteiger partial charge in [-0.3, -0.25) is 0 Å². The second kappa shape index (κ2) is 6.27. The average Bonchev–Trinajstić information content (AvgIpc) is 3.17. The molecule has 2 rings (SSSR count). The fourth-order valence-corrected chi connectivity index (χ4v) is 2.10. The summed E-state index contributed by atoms with van der Waals surface area (Å²) in [6, 6.07) is 1.65. The maximum atomic E-state index is 14.2. The van der Waals surface area contributed by atoms with Crippen molar-refractivity contribution in [2.75, 3.05) is 17.6 Å². The summed E-state index contributed by atoms with van der Waals surface area (Å²) in [5.74, 6) is 0.112. The Morgan fingerprint density at radius 2 is 2.00 bits per heavy atom. The Hall–Kier alpha value is -1.55. The van der Waals surface area contributed by atoms with Crippen molar-refractivity contribution in [1.29, 1.82) is 0 Å². The van der Waals surface area contributed by atoms with Crippen molar-refractivity contribution in [3.63, 3.8) is 0 Å². The van der Waals surface area contributed by atoms with Gasteiger partial charge in [-0.1, -0.05) is 0 Å². The lowest BCUT2D eigenvalue weighted by molar-refractivity contribution is 0.0945. The highest BCUT2D eigenvalue weighted by atomic mass is 19.1. The van der Waals surface area contributed by atoms with Crippen LogP contribution in [0, 0.1) is 12.7 Å². The molecule has 112 valence electrons. The summed E-state index contributed by atoms with van der Waals surface area (Å²) in [5.41, 5.74) is 7.61. The monoisotopic (exact) mass is 280 g/mol. The predicted octanol–water partition coefficient (Wildman–Crippen LogP) is 3.58. The Kier molecular flexibility index (Phi) is 5.17. The van der Waals surface area contributed by atoms with Gasteiger partial charge in [-0.05, 0) is 51.2 Å². The number of anilines is 2. The minimum Gasteiger partial charge on any atom is -0.397 e. The summed E-state index contributed by atoms with van der Waals surface area (Å²) < 4.78 is 14.2. The highest BCUT2D eigenvalue weighted by molar-refractivity contribution is 5.73. The summed E-state index contributed by atoms with van der Waals surface area (Å²) in [6.07, 6.45) is 2.02. The molecule has 20 heavy (non-hydrogen) atoms. The lowest BCUT2D eigenvalue weighted by atomic mass is 10.0. The molecule has 3 nitrogen and oxygen atoms in total. The fraction of sp³-hybridized carbons (Fsp3) is 0.500. The van der Waals surface area contributed by atoms with Crippen molar-refractivity contribution in [3.8, 4) is 0 Å². The third-order valence-corrected chi connectivity index (χ3v) is 3.20. The summed E-state index contributed by atoms with van der Waals surface area (Å²) >= 11 is 0. The van der Waals surface area contributed by atoms with Crippen LogP contribution in [0.2, 0.25) is 0 Å². The van der Waals surface area contributed by atoms with Crippen LogP contribution in [0.5, 0.6) is 0 Å². The zero-order valence-electron chi connectivity index (χ0n) is 12.6. The Bertz CT molecular complexity index is 476. The van der Waals surface area contributed by atoms with Gasteiger partial charge in [-0.2, -0.15) is 0 Å². The van der Waals surface area contributed by atoms with Crippen LogP contribution in [-0.2, 0) is 0 Å². The van der Waals surface area contributed by atoms with E-state index in [0.717, 1.165) is 12.8 Å². The number of halogens is 1. The Morgan fingerprint density at radius 1 is 1.45 bits per heavy atom. The summed E-state index contributed by atoms with van der Waals surface area (Å²) in [5, 5.41) is 12.8. The summed E-state index contributed by atoms with van der Waals surface area (Å²) in [7, 11) is 0. The number of aryl methyl sites for hydroxylation is 1. The van der Waals surface area contributed by atoms with Crippen molar-refractivity contribution < 1.29 is 9.50 Å². The molecule has 1 aliphatic carbocycles. The van der Waals surface area contributed by atoms with Gasteiger partial charge in [0.2, 0.25) is 0 Å². The van der Waals surface area contributed by atoms with Crippen molar-refractivity contribution in [3.05, 3.63) is 36.2 Å². The van der Waals surface area contributed by atoms with Crippen LogP contribution >= 0.6 is 0 Å². The largest absolute Gasteiger partial charge is 0.397 e. The van der Waals surface area contributed by atoms with Gasteiger partial charge in [-0.15, -0.1) is 13.2 Å². The van der Waals surface area contributed by atoms with Crippen molar-refractivity contribution in [2.45, 2.75) is 45.1 Å². The third-order valence-electron chi connectivity index (χ3n) is 3.20. The van der Waals surface area contributed by atoms with Crippen LogP contribution < -0.4 is 11.1 Å². The second-order valence-corrected chi connectivity index (χ2v) is 5.83. The molecule has 0 aliphatic heterocycles. The van der Waals surface area contributed by atoms with E-state index in [4.69, 9.17) is 5.73 Å². The Balaban J connectivity index is 0.000000956. The average molecular weight is 280 g/mol. The third kappa shape index (κ3) is 3.97. The number of hydrogen-bond donors (Lipinski definition) is 3. The molecule has 1 fully saturated rings. The zero-order valence-corrected chi connectivity index (χ0v) is 12.6. The molecule has 1 aromatic rings. The quantitative estimate of drug-likeness (QED) is 0.583.